The van der Waals surface area contributed by atoms with Gasteiger partial charge in [-0.25, -0.2) is 0 Å². The van der Waals surface area contributed by atoms with Crippen LogP contribution in [0.15, 0.2) is 33.8 Å². The summed E-state index contributed by atoms with van der Waals surface area (Å²) in [6.07, 6.45) is 4.05. The summed E-state index contributed by atoms with van der Waals surface area (Å²) in [5.41, 5.74) is 2.25. The van der Waals surface area contributed by atoms with Gasteiger partial charge in [0.1, 0.15) is 0 Å². The maximum Gasteiger partial charge on any atom is 0.191 e. The topological polar surface area (TPSA) is 80.9 Å². The lowest BCUT2D eigenvalue weighted by Crippen LogP contribution is -2.37. The molecule has 1 heterocycles. The van der Waals surface area contributed by atoms with E-state index in [9.17, 15) is 0 Å². The van der Waals surface area contributed by atoms with Crippen molar-refractivity contribution in [3.05, 3.63) is 41.3 Å². The number of aryl methyl sites for hydroxylation is 1. The number of nitrogens with zero attached hydrogens (tertiary/aromatic N) is 2. The number of nitrogens with one attached hydrogen (secondary N) is 2. The lowest BCUT2D eigenvalue weighted by molar-refractivity contribution is 0.310. The Kier molecular flexibility index (Phi) is 13.0. The first-order valence-corrected chi connectivity index (χ1v) is 10.8. The Morgan fingerprint density at radius 2 is 1.90 bits per heavy atom. The molecule has 0 unspecified atom stereocenters. The Morgan fingerprint density at radius 1 is 1.13 bits per heavy atom. The summed E-state index contributed by atoms with van der Waals surface area (Å²) in [4.78, 5) is 4.28. The largest absolute Gasteiger partial charge is 0.493 e. The van der Waals surface area contributed by atoms with Crippen molar-refractivity contribution in [2.24, 2.45) is 4.99 Å². The van der Waals surface area contributed by atoms with Crippen LogP contribution >= 0.6 is 24.0 Å². The van der Waals surface area contributed by atoms with E-state index in [1.807, 2.05) is 19.1 Å². The van der Waals surface area contributed by atoms with Gasteiger partial charge < -0.3 is 24.6 Å². The van der Waals surface area contributed by atoms with Gasteiger partial charge in [-0.05, 0) is 50.3 Å². The summed E-state index contributed by atoms with van der Waals surface area (Å²) in [6.45, 7) is 8.31. The highest BCUT2D eigenvalue weighted by Gasteiger charge is 2.13. The lowest BCUT2D eigenvalue weighted by Gasteiger charge is -2.12. The van der Waals surface area contributed by atoms with Gasteiger partial charge in [0, 0.05) is 25.6 Å². The fraction of sp³-hybridized carbons (Fsp3) is 0.565. The van der Waals surface area contributed by atoms with Crippen molar-refractivity contribution in [3.8, 4) is 11.5 Å². The van der Waals surface area contributed by atoms with Crippen LogP contribution in [0.5, 0.6) is 11.5 Å². The number of hydrogen-bond acceptors (Lipinski definition) is 5. The molecule has 0 aliphatic rings. The Balaban J connectivity index is 0.00000480. The molecule has 0 radical (unpaired) electrons. The summed E-state index contributed by atoms with van der Waals surface area (Å²) >= 11 is 0. The van der Waals surface area contributed by atoms with Crippen molar-refractivity contribution < 1.29 is 14.0 Å². The van der Waals surface area contributed by atoms with E-state index >= 15 is 0 Å². The van der Waals surface area contributed by atoms with E-state index in [1.54, 1.807) is 14.2 Å². The standard InChI is InChI=1S/C23H36N4O3.HI/c1-6-18(7-2)20-15-19(30-27-20)16-26-23(24-4)25-13-9-10-17-11-12-21(28-5)22(14-17)29-8-3;/h11-12,14-15,18H,6-10,13,16H2,1-5H3,(H2,24,25,26);1H. The van der Waals surface area contributed by atoms with Crippen molar-refractivity contribution in [1.82, 2.24) is 15.8 Å². The second kappa shape index (κ2) is 14.9. The first-order valence-electron chi connectivity index (χ1n) is 10.8. The maximum absolute atomic E-state index is 5.65. The summed E-state index contributed by atoms with van der Waals surface area (Å²) in [5, 5.41) is 10.8. The van der Waals surface area contributed by atoms with E-state index in [0.29, 0.717) is 19.1 Å². The van der Waals surface area contributed by atoms with Crippen LogP contribution in [0.1, 0.15) is 63.0 Å². The smallest absolute Gasteiger partial charge is 0.191 e. The van der Waals surface area contributed by atoms with E-state index in [2.05, 4.69) is 46.8 Å². The predicted octanol–water partition coefficient (Wildman–Crippen LogP) is 4.90. The van der Waals surface area contributed by atoms with Gasteiger partial charge in [-0.15, -0.1) is 24.0 Å². The second-order valence-electron chi connectivity index (χ2n) is 7.11. The molecular formula is C23H37IN4O3. The SMILES string of the molecule is CCOc1cc(CCCNC(=NC)NCc2cc(C(CC)CC)no2)ccc1OC.I. The van der Waals surface area contributed by atoms with E-state index < -0.39 is 0 Å². The normalized spacial score (nSPS) is 11.2. The van der Waals surface area contributed by atoms with Gasteiger partial charge in [-0.3, -0.25) is 4.99 Å². The van der Waals surface area contributed by atoms with Gasteiger partial charge in [-0.1, -0.05) is 25.1 Å². The van der Waals surface area contributed by atoms with Crippen LogP contribution in [-0.4, -0.2) is 38.4 Å². The summed E-state index contributed by atoms with van der Waals surface area (Å²) in [6, 6.07) is 8.13. The molecule has 0 aliphatic heterocycles. The number of aliphatic imine (C=N–C) groups is 1. The third-order valence-electron chi connectivity index (χ3n) is 5.10. The minimum Gasteiger partial charge on any atom is -0.493 e. The van der Waals surface area contributed by atoms with E-state index in [1.165, 1.54) is 5.56 Å². The van der Waals surface area contributed by atoms with Crippen LogP contribution in [0.3, 0.4) is 0 Å². The number of aromatic nitrogens is 1. The molecule has 0 saturated heterocycles. The van der Waals surface area contributed by atoms with Crippen LogP contribution in [0, 0.1) is 0 Å². The monoisotopic (exact) mass is 544 g/mol. The van der Waals surface area contributed by atoms with Crippen LogP contribution < -0.4 is 20.1 Å². The quantitative estimate of drug-likeness (QED) is 0.171. The van der Waals surface area contributed by atoms with Gasteiger partial charge in [0.2, 0.25) is 0 Å². The maximum atomic E-state index is 5.65. The average Bonchev–Trinajstić information content (AvgIpc) is 3.23. The number of halogens is 1. The van der Waals surface area contributed by atoms with Crippen LogP contribution in [0.2, 0.25) is 0 Å². The van der Waals surface area contributed by atoms with Crippen molar-refractivity contribution >= 4 is 29.9 Å². The number of methoxy groups -OCH3 is 1. The summed E-state index contributed by atoms with van der Waals surface area (Å²) in [5.74, 6) is 3.59. The molecule has 0 amide bonds. The van der Waals surface area contributed by atoms with Crippen molar-refractivity contribution in [1.29, 1.82) is 0 Å². The highest BCUT2D eigenvalue weighted by atomic mass is 127. The molecule has 1 aromatic heterocycles. The zero-order chi connectivity index (χ0) is 21.8. The van der Waals surface area contributed by atoms with Gasteiger partial charge in [0.15, 0.2) is 23.2 Å². The molecule has 2 N–H and O–H groups in total. The van der Waals surface area contributed by atoms with Gasteiger partial charge >= 0.3 is 0 Å². The molecule has 2 aromatic rings. The Bertz CT molecular complexity index is 791. The third-order valence-corrected chi connectivity index (χ3v) is 5.10. The molecule has 2 rings (SSSR count). The van der Waals surface area contributed by atoms with Gasteiger partial charge in [-0.2, -0.15) is 0 Å². The second-order valence-corrected chi connectivity index (χ2v) is 7.11. The van der Waals surface area contributed by atoms with Crippen molar-refractivity contribution in [2.75, 3.05) is 27.3 Å². The summed E-state index contributed by atoms with van der Waals surface area (Å²) < 4.78 is 16.5. The molecule has 1 aromatic carbocycles. The fourth-order valence-electron chi connectivity index (χ4n) is 3.35. The fourth-order valence-corrected chi connectivity index (χ4v) is 3.35. The molecule has 0 bridgehead atoms. The van der Waals surface area contributed by atoms with Gasteiger partial charge in [0.05, 0.1) is 26.0 Å². The van der Waals surface area contributed by atoms with Crippen LogP contribution in [0.4, 0.5) is 0 Å². The number of ether oxygens (including phenoxy) is 2. The van der Waals surface area contributed by atoms with Gasteiger partial charge in [0.25, 0.3) is 0 Å². The molecule has 0 saturated carbocycles. The Hall–Kier alpha value is -1.97. The van der Waals surface area contributed by atoms with E-state index in [4.69, 9.17) is 14.0 Å². The first kappa shape index (κ1) is 27.1. The molecule has 0 fully saturated rings. The molecule has 0 atom stereocenters. The van der Waals surface area contributed by atoms with Crippen LogP contribution in [0.25, 0.3) is 0 Å². The average molecular weight is 544 g/mol. The molecule has 8 heteroatoms. The van der Waals surface area contributed by atoms with E-state index in [-0.39, 0.29) is 24.0 Å². The minimum absolute atomic E-state index is 0. The molecule has 0 aliphatic carbocycles. The molecule has 7 nitrogen and oxygen atoms in total. The number of hydrogen-bond donors (Lipinski definition) is 2. The summed E-state index contributed by atoms with van der Waals surface area (Å²) in [7, 11) is 3.43. The molecular weight excluding hydrogens is 507 g/mol. The first-order chi connectivity index (χ1) is 14.6. The highest BCUT2D eigenvalue weighted by molar-refractivity contribution is 14.0. The Labute approximate surface area is 203 Å². The minimum atomic E-state index is 0. The Morgan fingerprint density at radius 3 is 2.55 bits per heavy atom. The highest BCUT2D eigenvalue weighted by Crippen LogP contribution is 2.28. The zero-order valence-electron chi connectivity index (χ0n) is 19.4. The molecule has 31 heavy (non-hydrogen) atoms. The third kappa shape index (κ3) is 8.59. The van der Waals surface area contributed by atoms with E-state index in [0.717, 1.165) is 61.1 Å². The molecule has 174 valence electrons. The van der Waals surface area contributed by atoms with Crippen molar-refractivity contribution in [2.45, 2.75) is 58.9 Å². The number of rotatable bonds is 12. The lowest BCUT2D eigenvalue weighted by atomic mass is 9.99. The number of guanidine groups is 1. The molecule has 0 spiro atoms. The van der Waals surface area contributed by atoms with Crippen molar-refractivity contribution in [3.63, 3.8) is 0 Å². The van der Waals surface area contributed by atoms with Crippen LogP contribution in [-0.2, 0) is 13.0 Å². The number of benzene rings is 1. The zero-order valence-corrected chi connectivity index (χ0v) is 21.7. The predicted molar refractivity (Wildman–Crippen MR) is 136 cm³/mol.